The minimum absolute atomic E-state index is 0. The van der Waals surface area contributed by atoms with E-state index in [0.717, 1.165) is 7.11 Å². The van der Waals surface area contributed by atoms with Crippen LogP contribution in [-0.4, -0.2) is 42.2 Å². The number of carbonyl (C=O) groups is 1. The fourth-order valence-corrected chi connectivity index (χ4v) is 1.18. The van der Waals surface area contributed by atoms with Crippen molar-refractivity contribution in [3.8, 4) is 0 Å². The minimum Gasteiger partial charge on any atom is -0.369 e. The molecule has 3 N–H and O–H groups in total. The zero-order chi connectivity index (χ0) is 12.1. The number of hydrogen-bond donors (Lipinski definition) is 2. The zero-order valence-electron chi connectivity index (χ0n) is 9.58. The first-order valence-electron chi connectivity index (χ1n) is 4.23. The summed E-state index contributed by atoms with van der Waals surface area (Å²) in [6.45, 7) is 1.79. The molecule has 0 aromatic carbocycles. The summed E-state index contributed by atoms with van der Waals surface area (Å²) in [5, 5.41) is 0. The standard InChI is InChI=1S/C7H16N3O4P.Y/c1-6(11)4-5-10(2)7(8)9-15(12,13)14-3;/h4-5H2,1-3H3,(H3,8,9,12,13);. The molecule has 91 valence electrons. The van der Waals surface area contributed by atoms with Gasteiger partial charge in [0.2, 0.25) is 5.96 Å². The molecule has 16 heavy (non-hydrogen) atoms. The van der Waals surface area contributed by atoms with Crippen molar-refractivity contribution in [3.63, 3.8) is 0 Å². The van der Waals surface area contributed by atoms with Crippen molar-refractivity contribution >= 4 is 19.5 Å². The van der Waals surface area contributed by atoms with Crippen molar-refractivity contribution in [1.29, 1.82) is 0 Å². The van der Waals surface area contributed by atoms with E-state index in [4.69, 9.17) is 10.6 Å². The van der Waals surface area contributed by atoms with Crippen LogP contribution in [0.2, 0.25) is 0 Å². The Kier molecular flexibility index (Phi) is 9.64. The van der Waals surface area contributed by atoms with Crippen molar-refractivity contribution < 1.29 is 51.5 Å². The van der Waals surface area contributed by atoms with E-state index in [1.54, 1.807) is 7.05 Å². The van der Waals surface area contributed by atoms with Gasteiger partial charge < -0.3 is 15.5 Å². The van der Waals surface area contributed by atoms with Crippen LogP contribution < -0.4 is 5.73 Å². The fourth-order valence-electron chi connectivity index (χ4n) is 0.686. The largest absolute Gasteiger partial charge is 0.454 e. The summed E-state index contributed by atoms with van der Waals surface area (Å²) >= 11 is 0. The van der Waals surface area contributed by atoms with Gasteiger partial charge >= 0.3 is 7.75 Å². The number of rotatable bonds is 5. The number of nitrogens with two attached hydrogens (primary N) is 1. The Morgan fingerprint density at radius 1 is 1.62 bits per heavy atom. The molecule has 9 heteroatoms. The Balaban J connectivity index is 0. The summed E-state index contributed by atoms with van der Waals surface area (Å²) in [4.78, 5) is 21.1. The summed E-state index contributed by atoms with van der Waals surface area (Å²) in [6.07, 6.45) is 0.301. The maximum Gasteiger partial charge on any atom is 0.454 e. The molecule has 0 amide bonds. The second-order valence-corrected chi connectivity index (χ2v) is 4.55. The van der Waals surface area contributed by atoms with E-state index in [2.05, 4.69) is 9.29 Å². The molecule has 0 fully saturated rings. The molecule has 0 saturated carbocycles. The Labute approximate surface area is 120 Å². The minimum atomic E-state index is -3.99. The van der Waals surface area contributed by atoms with E-state index in [1.807, 2.05) is 0 Å². The van der Waals surface area contributed by atoms with Gasteiger partial charge in [-0.1, -0.05) is 0 Å². The number of ketones is 1. The number of carbonyl (C=O) groups excluding carboxylic acids is 1. The Bertz CT molecular complexity index is 310. The molecule has 0 spiro atoms. The second-order valence-electron chi connectivity index (χ2n) is 3.00. The predicted octanol–water partition coefficient (Wildman–Crippen LogP) is -0.0437. The van der Waals surface area contributed by atoms with Gasteiger partial charge in [-0.3, -0.25) is 9.32 Å². The van der Waals surface area contributed by atoms with E-state index in [-0.39, 0.29) is 44.5 Å². The smallest absolute Gasteiger partial charge is 0.369 e. The van der Waals surface area contributed by atoms with Crippen LogP contribution in [0, 0.1) is 0 Å². The molecule has 0 aliphatic rings. The SMILES string of the molecule is COP(=O)(O)/N=C(\N)N(C)CCC(C)=O.[Y]. The molecule has 0 saturated heterocycles. The molecular formula is C7H16N3O4PY. The molecule has 0 rings (SSSR count). The first kappa shape index (κ1) is 18.6. The average molecular weight is 326 g/mol. The van der Waals surface area contributed by atoms with Crippen LogP contribution in [0.5, 0.6) is 0 Å². The second kappa shape index (κ2) is 8.31. The molecule has 0 aliphatic carbocycles. The van der Waals surface area contributed by atoms with Crippen molar-refractivity contribution in [2.45, 2.75) is 13.3 Å². The number of Topliss-reactive ketones (excluding diaryl/α,β-unsaturated/α-hetero) is 1. The normalized spacial score (nSPS) is 14.9. The maximum absolute atomic E-state index is 11.0. The van der Waals surface area contributed by atoms with Gasteiger partial charge in [-0.15, -0.1) is 4.76 Å². The van der Waals surface area contributed by atoms with Crippen LogP contribution in [0.3, 0.4) is 0 Å². The van der Waals surface area contributed by atoms with Crippen LogP contribution in [0.1, 0.15) is 13.3 Å². The first-order valence-corrected chi connectivity index (χ1v) is 5.76. The zero-order valence-corrected chi connectivity index (χ0v) is 13.3. The summed E-state index contributed by atoms with van der Waals surface area (Å²) in [5.74, 6) is -0.127. The van der Waals surface area contributed by atoms with Crippen LogP contribution in [0.4, 0.5) is 0 Å². The summed E-state index contributed by atoms with van der Waals surface area (Å²) in [7, 11) is -1.36. The number of hydrogen-bond acceptors (Lipinski definition) is 3. The monoisotopic (exact) mass is 326 g/mol. The van der Waals surface area contributed by atoms with Crippen molar-refractivity contribution in [2.24, 2.45) is 10.5 Å². The Morgan fingerprint density at radius 3 is 2.50 bits per heavy atom. The van der Waals surface area contributed by atoms with Crippen molar-refractivity contribution in [1.82, 2.24) is 4.90 Å². The maximum atomic E-state index is 11.0. The van der Waals surface area contributed by atoms with Gasteiger partial charge in [-0.25, -0.2) is 4.57 Å². The van der Waals surface area contributed by atoms with Gasteiger partial charge in [0.05, 0.1) is 0 Å². The van der Waals surface area contributed by atoms with Gasteiger partial charge in [-0.2, -0.15) is 0 Å². The fraction of sp³-hybridized carbons (Fsp3) is 0.714. The van der Waals surface area contributed by atoms with E-state index < -0.39 is 7.75 Å². The molecule has 1 radical (unpaired) electrons. The first-order chi connectivity index (χ1) is 6.78. The third-order valence-electron chi connectivity index (χ3n) is 1.66. The summed E-state index contributed by atoms with van der Waals surface area (Å²) < 4.78 is 18.5. The van der Waals surface area contributed by atoms with E-state index in [1.165, 1.54) is 11.8 Å². The molecule has 0 aliphatic heterocycles. The Morgan fingerprint density at radius 2 is 2.12 bits per heavy atom. The average Bonchev–Trinajstić information content (AvgIpc) is 2.13. The van der Waals surface area contributed by atoms with Crippen molar-refractivity contribution in [3.05, 3.63) is 0 Å². The molecule has 1 atom stereocenters. The van der Waals surface area contributed by atoms with Crippen molar-refractivity contribution in [2.75, 3.05) is 20.7 Å². The topological polar surface area (TPSA) is 105 Å². The quantitative estimate of drug-likeness (QED) is 0.417. The molecule has 0 bridgehead atoms. The van der Waals surface area contributed by atoms with Gasteiger partial charge in [0, 0.05) is 59.8 Å². The molecular weight excluding hydrogens is 310 g/mol. The molecule has 1 unspecified atom stereocenters. The van der Waals surface area contributed by atoms with Gasteiger partial charge in [0.25, 0.3) is 0 Å². The van der Waals surface area contributed by atoms with E-state index >= 15 is 0 Å². The number of nitrogens with zero attached hydrogens (tertiary/aromatic N) is 2. The number of guanidine groups is 1. The van der Waals surface area contributed by atoms with Crippen LogP contribution in [-0.2, 0) is 46.6 Å². The molecule has 0 heterocycles. The van der Waals surface area contributed by atoms with Crippen LogP contribution in [0.25, 0.3) is 0 Å². The summed E-state index contributed by atoms with van der Waals surface area (Å²) in [6, 6.07) is 0. The van der Waals surface area contributed by atoms with Gasteiger partial charge in [-0.05, 0) is 6.92 Å². The Hall–Kier alpha value is 0.194. The van der Waals surface area contributed by atoms with Crippen LogP contribution >= 0.6 is 7.75 Å². The molecule has 0 aromatic heterocycles. The summed E-state index contributed by atoms with van der Waals surface area (Å²) in [5.41, 5.74) is 5.42. The molecule has 0 aromatic rings. The van der Waals surface area contributed by atoms with E-state index in [9.17, 15) is 9.36 Å². The van der Waals surface area contributed by atoms with Crippen LogP contribution in [0.15, 0.2) is 4.76 Å². The van der Waals surface area contributed by atoms with E-state index in [0.29, 0.717) is 13.0 Å². The van der Waals surface area contributed by atoms with Gasteiger partial charge in [0.15, 0.2) is 0 Å². The molecule has 7 nitrogen and oxygen atoms in total. The van der Waals surface area contributed by atoms with Gasteiger partial charge in [0.1, 0.15) is 5.78 Å². The predicted molar refractivity (Wildman–Crippen MR) is 56.4 cm³/mol. The third kappa shape index (κ3) is 8.36. The third-order valence-corrected chi connectivity index (χ3v) is 2.59.